The Kier molecular flexibility index (Phi) is 3.97. The fourth-order valence-corrected chi connectivity index (χ4v) is 1.61. The van der Waals surface area contributed by atoms with Crippen LogP contribution < -0.4 is 5.73 Å². The molecule has 2 N–H and O–H groups in total. The highest BCUT2D eigenvalue weighted by molar-refractivity contribution is 5.29. The molecule has 0 aromatic heterocycles. The molecule has 0 saturated carbocycles. The van der Waals surface area contributed by atoms with Gasteiger partial charge in [-0.3, -0.25) is 0 Å². The topological polar surface area (TPSA) is 26.0 Å². The van der Waals surface area contributed by atoms with Crippen LogP contribution in [0.2, 0.25) is 0 Å². The lowest BCUT2D eigenvalue weighted by Gasteiger charge is -2.14. The standard InChI is InChI=1S/C12H19N/c1-3-7-10-8-5-6-9-11(10)12(13)4-2/h5-6,8-9,12H,3-4,7,13H2,1-2H3. The summed E-state index contributed by atoms with van der Waals surface area (Å²) in [6.07, 6.45) is 3.35. The maximum Gasteiger partial charge on any atom is 0.0294 e. The fourth-order valence-electron chi connectivity index (χ4n) is 1.61. The van der Waals surface area contributed by atoms with Crippen molar-refractivity contribution in [1.29, 1.82) is 0 Å². The molecule has 1 aromatic rings. The van der Waals surface area contributed by atoms with E-state index in [-0.39, 0.29) is 6.04 Å². The molecule has 1 atom stereocenters. The maximum atomic E-state index is 6.03. The van der Waals surface area contributed by atoms with Gasteiger partial charge in [-0.25, -0.2) is 0 Å². The van der Waals surface area contributed by atoms with E-state index in [1.165, 1.54) is 17.5 Å². The van der Waals surface area contributed by atoms with Crippen molar-refractivity contribution >= 4 is 0 Å². The van der Waals surface area contributed by atoms with E-state index < -0.39 is 0 Å². The van der Waals surface area contributed by atoms with Crippen LogP contribution in [-0.4, -0.2) is 0 Å². The van der Waals surface area contributed by atoms with Crippen LogP contribution in [0.5, 0.6) is 0 Å². The van der Waals surface area contributed by atoms with E-state index >= 15 is 0 Å². The molecule has 0 aliphatic heterocycles. The summed E-state index contributed by atoms with van der Waals surface area (Å²) in [6, 6.07) is 8.72. The normalized spacial score (nSPS) is 12.8. The smallest absolute Gasteiger partial charge is 0.0294 e. The first-order valence-electron chi connectivity index (χ1n) is 5.13. The molecule has 72 valence electrons. The molecule has 0 aliphatic rings. The summed E-state index contributed by atoms with van der Waals surface area (Å²) in [5.74, 6) is 0. The summed E-state index contributed by atoms with van der Waals surface area (Å²) in [7, 11) is 0. The third-order valence-corrected chi connectivity index (χ3v) is 2.41. The van der Waals surface area contributed by atoms with Crippen molar-refractivity contribution in [2.75, 3.05) is 0 Å². The van der Waals surface area contributed by atoms with Crippen LogP contribution in [0.15, 0.2) is 24.3 Å². The van der Waals surface area contributed by atoms with Gasteiger partial charge in [-0.05, 0) is 24.0 Å². The lowest BCUT2D eigenvalue weighted by atomic mass is 9.96. The summed E-state index contributed by atoms with van der Waals surface area (Å²) in [6.45, 7) is 4.33. The molecule has 0 fully saturated rings. The number of benzene rings is 1. The Morgan fingerprint density at radius 1 is 1.23 bits per heavy atom. The third kappa shape index (κ3) is 2.56. The zero-order valence-electron chi connectivity index (χ0n) is 8.59. The van der Waals surface area contributed by atoms with Crippen molar-refractivity contribution in [3.8, 4) is 0 Å². The van der Waals surface area contributed by atoms with Crippen LogP contribution in [0.4, 0.5) is 0 Å². The highest BCUT2D eigenvalue weighted by Gasteiger charge is 2.06. The predicted molar refractivity (Wildman–Crippen MR) is 57.7 cm³/mol. The SMILES string of the molecule is CCCc1ccccc1C(N)CC. The molecule has 0 amide bonds. The van der Waals surface area contributed by atoms with E-state index in [2.05, 4.69) is 38.1 Å². The van der Waals surface area contributed by atoms with Crippen LogP contribution >= 0.6 is 0 Å². The fraction of sp³-hybridized carbons (Fsp3) is 0.500. The van der Waals surface area contributed by atoms with Crippen molar-refractivity contribution in [3.05, 3.63) is 35.4 Å². The van der Waals surface area contributed by atoms with Gasteiger partial charge in [-0.1, -0.05) is 44.5 Å². The first-order chi connectivity index (χ1) is 6.29. The Morgan fingerprint density at radius 3 is 2.54 bits per heavy atom. The van der Waals surface area contributed by atoms with E-state index in [0.29, 0.717) is 0 Å². The average molecular weight is 177 g/mol. The van der Waals surface area contributed by atoms with Crippen molar-refractivity contribution in [2.24, 2.45) is 5.73 Å². The monoisotopic (exact) mass is 177 g/mol. The van der Waals surface area contributed by atoms with Crippen LogP contribution in [0.25, 0.3) is 0 Å². The molecule has 1 heteroatoms. The van der Waals surface area contributed by atoms with E-state index in [9.17, 15) is 0 Å². The molecule has 1 rings (SSSR count). The molecule has 0 saturated heterocycles. The molecule has 0 heterocycles. The molecule has 0 aliphatic carbocycles. The number of rotatable bonds is 4. The van der Waals surface area contributed by atoms with Crippen molar-refractivity contribution in [2.45, 2.75) is 39.2 Å². The summed E-state index contributed by atoms with van der Waals surface area (Å²) in [5.41, 5.74) is 8.77. The van der Waals surface area contributed by atoms with Crippen molar-refractivity contribution < 1.29 is 0 Å². The summed E-state index contributed by atoms with van der Waals surface area (Å²) >= 11 is 0. The van der Waals surface area contributed by atoms with Gasteiger partial charge in [0.2, 0.25) is 0 Å². The highest BCUT2D eigenvalue weighted by Crippen LogP contribution is 2.19. The predicted octanol–water partition coefficient (Wildman–Crippen LogP) is 3.05. The molecule has 1 unspecified atom stereocenters. The maximum absolute atomic E-state index is 6.03. The van der Waals surface area contributed by atoms with Crippen LogP contribution in [-0.2, 0) is 6.42 Å². The van der Waals surface area contributed by atoms with E-state index in [1.807, 2.05) is 0 Å². The summed E-state index contributed by atoms with van der Waals surface area (Å²) < 4.78 is 0. The second kappa shape index (κ2) is 5.03. The van der Waals surface area contributed by atoms with Gasteiger partial charge in [-0.2, -0.15) is 0 Å². The lowest BCUT2D eigenvalue weighted by molar-refractivity contribution is 0.686. The van der Waals surface area contributed by atoms with E-state index in [1.54, 1.807) is 0 Å². The lowest BCUT2D eigenvalue weighted by Crippen LogP contribution is -2.11. The van der Waals surface area contributed by atoms with Gasteiger partial charge in [-0.15, -0.1) is 0 Å². The van der Waals surface area contributed by atoms with Crippen molar-refractivity contribution in [3.63, 3.8) is 0 Å². The quantitative estimate of drug-likeness (QED) is 0.751. The zero-order valence-corrected chi connectivity index (χ0v) is 8.59. The van der Waals surface area contributed by atoms with Crippen LogP contribution in [0.1, 0.15) is 43.9 Å². The number of hydrogen-bond acceptors (Lipinski definition) is 1. The van der Waals surface area contributed by atoms with Gasteiger partial charge >= 0.3 is 0 Å². The third-order valence-electron chi connectivity index (χ3n) is 2.41. The first-order valence-corrected chi connectivity index (χ1v) is 5.13. The Morgan fingerprint density at radius 2 is 1.92 bits per heavy atom. The van der Waals surface area contributed by atoms with Crippen LogP contribution in [0.3, 0.4) is 0 Å². The number of hydrogen-bond donors (Lipinski definition) is 1. The highest BCUT2D eigenvalue weighted by atomic mass is 14.6. The molecule has 0 bridgehead atoms. The molecule has 1 aromatic carbocycles. The van der Waals surface area contributed by atoms with Gasteiger partial charge < -0.3 is 5.73 Å². The number of aryl methyl sites for hydroxylation is 1. The molecule has 13 heavy (non-hydrogen) atoms. The Bertz CT molecular complexity index is 255. The molecular weight excluding hydrogens is 158 g/mol. The minimum Gasteiger partial charge on any atom is -0.324 e. The zero-order chi connectivity index (χ0) is 9.68. The Balaban J connectivity index is 2.90. The van der Waals surface area contributed by atoms with Gasteiger partial charge in [0.25, 0.3) is 0 Å². The van der Waals surface area contributed by atoms with Gasteiger partial charge in [0, 0.05) is 6.04 Å². The Labute approximate surface area is 81.0 Å². The first kappa shape index (κ1) is 10.3. The van der Waals surface area contributed by atoms with Gasteiger partial charge in [0.05, 0.1) is 0 Å². The molecule has 0 radical (unpaired) electrons. The minimum absolute atomic E-state index is 0.211. The van der Waals surface area contributed by atoms with Crippen LogP contribution in [0, 0.1) is 0 Å². The molecule has 1 nitrogen and oxygen atoms in total. The molecule has 0 spiro atoms. The summed E-state index contributed by atoms with van der Waals surface area (Å²) in [5, 5.41) is 0. The van der Waals surface area contributed by atoms with E-state index in [4.69, 9.17) is 5.73 Å². The largest absolute Gasteiger partial charge is 0.324 e. The molecular formula is C12H19N. The second-order valence-corrected chi connectivity index (χ2v) is 3.46. The minimum atomic E-state index is 0.211. The van der Waals surface area contributed by atoms with Gasteiger partial charge in [0.15, 0.2) is 0 Å². The number of nitrogens with two attached hydrogens (primary N) is 1. The van der Waals surface area contributed by atoms with E-state index in [0.717, 1.165) is 12.8 Å². The van der Waals surface area contributed by atoms with Crippen molar-refractivity contribution in [1.82, 2.24) is 0 Å². The summed E-state index contributed by atoms with van der Waals surface area (Å²) in [4.78, 5) is 0. The average Bonchev–Trinajstić information content (AvgIpc) is 2.18. The second-order valence-electron chi connectivity index (χ2n) is 3.46. The van der Waals surface area contributed by atoms with Gasteiger partial charge in [0.1, 0.15) is 0 Å². The Hall–Kier alpha value is -0.820.